The zero-order chi connectivity index (χ0) is 16.8. The number of nitrogens with zero attached hydrogens (tertiary/aromatic N) is 1. The third kappa shape index (κ3) is 6.22. The van der Waals surface area contributed by atoms with Crippen LogP contribution in [0.5, 0.6) is 0 Å². The summed E-state index contributed by atoms with van der Waals surface area (Å²) in [5.74, 6) is -0.172. The molecule has 0 aliphatic carbocycles. The van der Waals surface area contributed by atoms with E-state index in [0.29, 0.717) is 19.6 Å². The standard InChI is InChI=1S/C16H30N2O4/c1-6-11-21-12(2)17-14(19)13-9-7-8-10-18(13)15(20)22-16(3,4)5/h12-13H,6-11H2,1-5H3,(H,17,19). The molecule has 128 valence electrons. The highest BCUT2D eigenvalue weighted by Gasteiger charge is 2.35. The summed E-state index contributed by atoms with van der Waals surface area (Å²) in [6.45, 7) is 10.4. The number of hydrogen-bond acceptors (Lipinski definition) is 4. The van der Waals surface area contributed by atoms with Crippen LogP contribution >= 0.6 is 0 Å². The highest BCUT2D eigenvalue weighted by molar-refractivity contribution is 5.86. The average Bonchev–Trinajstić information content (AvgIpc) is 2.43. The Hall–Kier alpha value is -1.30. The summed E-state index contributed by atoms with van der Waals surface area (Å²) >= 11 is 0. The number of hydrogen-bond donors (Lipinski definition) is 1. The van der Waals surface area contributed by atoms with Crippen molar-refractivity contribution in [1.29, 1.82) is 0 Å². The molecule has 2 amide bonds. The molecule has 1 fully saturated rings. The van der Waals surface area contributed by atoms with Gasteiger partial charge in [0.15, 0.2) is 0 Å². The minimum Gasteiger partial charge on any atom is -0.444 e. The van der Waals surface area contributed by atoms with E-state index in [0.717, 1.165) is 19.3 Å². The number of carbonyl (C=O) groups is 2. The van der Waals surface area contributed by atoms with Crippen LogP contribution in [0.25, 0.3) is 0 Å². The van der Waals surface area contributed by atoms with Gasteiger partial charge < -0.3 is 14.8 Å². The summed E-state index contributed by atoms with van der Waals surface area (Å²) in [5.41, 5.74) is -0.562. The van der Waals surface area contributed by atoms with Crippen LogP contribution in [0.3, 0.4) is 0 Å². The second kappa shape index (κ2) is 8.36. The molecule has 1 N–H and O–H groups in total. The smallest absolute Gasteiger partial charge is 0.410 e. The van der Waals surface area contributed by atoms with Crippen LogP contribution in [-0.4, -0.2) is 47.9 Å². The first-order valence-corrected chi connectivity index (χ1v) is 8.16. The highest BCUT2D eigenvalue weighted by atomic mass is 16.6. The van der Waals surface area contributed by atoms with Gasteiger partial charge in [0.05, 0.1) is 0 Å². The molecule has 0 aromatic carbocycles. The number of ether oxygens (including phenoxy) is 2. The lowest BCUT2D eigenvalue weighted by atomic mass is 10.0. The Kier molecular flexibility index (Phi) is 7.13. The minimum atomic E-state index is -0.562. The molecule has 1 heterocycles. The molecule has 0 aromatic rings. The molecular weight excluding hydrogens is 284 g/mol. The average molecular weight is 314 g/mol. The fraction of sp³-hybridized carbons (Fsp3) is 0.875. The van der Waals surface area contributed by atoms with E-state index < -0.39 is 17.7 Å². The van der Waals surface area contributed by atoms with E-state index in [1.807, 2.05) is 27.7 Å². The van der Waals surface area contributed by atoms with E-state index in [9.17, 15) is 9.59 Å². The van der Waals surface area contributed by atoms with Crippen molar-refractivity contribution in [2.75, 3.05) is 13.2 Å². The van der Waals surface area contributed by atoms with Gasteiger partial charge in [0.1, 0.15) is 17.9 Å². The summed E-state index contributed by atoms with van der Waals surface area (Å²) in [6.07, 6.45) is 2.61. The van der Waals surface area contributed by atoms with Crippen molar-refractivity contribution >= 4 is 12.0 Å². The second-order valence-electron chi connectivity index (χ2n) is 6.71. The Morgan fingerprint density at radius 3 is 2.59 bits per heavy atom. The summed E-state index contributed by atoms with van der Waals surface area (Å²) in [7, 11) is 0. The van der Waals surface area contributed by atoms with Gasteiger partial charge in [0, 0.05) is 13.2 Å². The lowest BCUT2D eigenvalue weighted by molar-refractivity contribution is -0.131. The molecule has 0 bridgehead atoms. The molecule has 0 spiro atoms. The number of amides is 2. The Morgan fingerprint density at radius 2 is 2.00 bits per heavy atom. The minimum absolute atomic E-state index is 0.172. The lowest BCUT2D eigenvalue weighted by Gasteiger charge is -2.36. The fourth-order valence-electron chi connectivity index (χ4n) is 2.38. The van der Waals surface area contributed by atoms with Crippen LogP contribution in [-0.2, 0) is 14.3 Å². The predicted molar refractivity (Wildman–Crippen MR) is 84.4 cm³/mol. The van der Waals surface area contributed by atoms with Crippen LogP contribution in [0.15, 0.2) is 0 Å². The molecule has 0 radical (unpaired) electrons. The van der Waals surface area contributed by atoms with E-state index in [4.69, 9.17) is 9.47 Å². The Bertz CT molecular complexity index is 379. The van der Waals surface area contributed by atoms with Gasteiger partial charge in [-0.1, -0.05) is 6.92 Å². The molecule has 6 nitrogen and oxygen atoms in total. The molecule has 0 saturated carbocycles. The van der Waals surface area contributed by atoms with Crippen LogP contribution in [0.2, 0.25) is 0 Å². The number of likely N-dealkylation sites (tertiary alicyclic amines) is 1. The Labute approximate surface area is 133 Å². The summed E-state index contributed by atoms with van der Waals surface area (Å²) in [4.78, 5) is 26.2. The van der Waals surface area contributed by atoms with Crippen molar-refractivity contribution in [2.24, 2.45) is 0 Å². The van der Waals surface area contributed by atoms with Crippen molar-refractivity contribution in [3.63, 3.8) is 0 Å². The summed E-state index contributed by atoms with van der Waals surface area (Å²) in [5, 5.41) is 2.82. The van der Waals surface area contributed by atoms with E-state index in [-0.39, 0.29) is 12.1 Å². The third-order valence-electron chi connectivity index (χ3n) is 3.35. The van der Waals surface area contributed by atoms with Gasteiger partial charge >= 0.3 is 6.09 Å². The van der Waals surface area contributed by atoms with E-state index >= 15 is 0 Å². The summed E-state index contributed by atoms with van der Waals surface area (Å²) in [6, 6.07) is -0.476. The SMILES string of the molecule is CCCOC(C)NC(=O)C1CCCCN1C(=O)OC(C)(C)C. The van der Waals surface area contributed by atoms with Gasteiger partial charge in [-0.15, -0.1) is 0 Å². The predicted octanol–water partition coefficient (Wildman–Crippen LogP) is 2.66. The van der Waals surface area contributed by atoms with Crippen LogP contribution in [0, 0.1) is 0 Å². The van der Waals surface area contributed by atoms with Crippen molar-refractivity contribution < 1.29 is 19.1 Å². The third-order valence-corrected chi connectivity index (χ3v) is 3.35. The fourth-order valence-corrected chi connectivity index (χ4v) is 2.38. The zero-order valence-electron chi connectivity index (χ0n) is 14.5. The first-order valence-electron chi connectivity index (χ1n) is 8.16. The molecule has 1 aliphatic rings. The quantitative estimate of drug-likeness (QED) is 0.792. The maximum absolute atomic E-state index is 12.4. The summed E-state index contributed by atoms with van der Waals surface area (Å²) < 4.78 is 10.9. The van der Waals surface area contributed by atoms with Crippen LogP contribution in [0.1, 0.15) is 60.3 Å². The highest BCUT2D eigenvalue weighted by Crippen LogP contribution is 2.20. The molecule has 22 heavy (non-hydrogen) atoms. The maximum Gasteiger partial charge on any atom is 0.410 e. The molecule has 2 atom stereocenters. The molecular formula is C16H30N2O4. The van der Waals surface area contributed by atoms with Gasteiger partial charge in [-0.05, 0) is 53.4 Å². The Balaban J connectivity index is 2.64. The number of piperidine rings is 1. The largest absolute Gasteiger partial charge is 0.444 e. The first kappa shape index (κ1) is 18.7. The van der Waals surface area contributed by atoms with E-state index in [1.165, 1.54) is 4.90 Å². The van der Waals surface area contributed by atoms with Crippen LogP contribution < -0.4 is 5.32 Å². The maximum atomic E-state index is 12.4. The first-order chi connectivity index (χ1) is 10.2. The molecule has 1 saturated heterocycles. The number of nitrogens with one attached hydrogen (secondary N) is 1. The van der Waals surface area contributed by atoms with Crippen molar-refractivity contribution in [2.45, 2.75) is 78.2 Å². The molecule has 2 unspecified atom stereocenters. The molecule has 1 rings (SSSR count). The van der Waals surface area contributed by atoms with Crippen molar-refractivity contribution in [3.05, 3.63) is 0 Å². The van der Waals surface area contributed by atoms with Gasteiger partial charge in [-0.25, -0.2) is 4.79 Å². The van der Waals surface area contributed by atoms with Gasteiger partial charge in [0.2, 0.25) is 5.91 Å². The van der Waals surface area contributed by atoms with E-state index in [1.54, 1.807) is 6.92 Å². The van der Waals surface area contributed by atoms with Gasteiger partial charge in [-0.3, -0.25) is 9.69 Å². The van der Waals surface area contributed by atoms with Crippen molar-refractivity contribution in [1.82, 2.24) is 10.2 Å². The topological polar surface area (TPSA) is 67.9 Å². The molecule has 0 aromatic heterocycles. The lowest BCUT2D eigenvalue weighted by Crippen LogP contribution is -2.54. The second-order valence-corrected chi connectivity index (χ2v) is 6.71. The number of carbonyl (C=O) groups excluding carboxylic acids is 2. The van der Waals surface area contributed by atoms with E-state index in [2.05, 4.69) is 5.32 Å². The van der Waals surface area contributed by atoms with Gasteiger partial charge in [-0.2, -0.15) is 0 Å². The van der Waals surface area contributed by atoms with Crippen LogP contribution in [0.4, 0.5) is 4.79 Å². The van der Waals surface area contributed by atoms with Crippen molar-refractivity contribution in [3.8, 4) is 0 Å². The zero-order valence-corrected chi connectivity index (χ0v) is 14.5. The molecule has 1 aliphatic heterocycles. The monoisotopic (exact) mass is 314 g/mol. The Morgan fingerprint density at radius 1 is 1.32 bits per heavy atom. The van der Waals surface area contributed by atoms with Gasteiger partial charge in [0.25, 0.3) is 0 Å². The molecule has 6 heteroatoms. The normalized spacial score (nSPS) is 20.4. The number of rotatable bonds is 5.